The second-order valence-corrected chi connectivity index (χ2v) is 5.68. The Labute approximate surface area is 141 Å². The summed E-state index contributed by atoms with van der Waals surface area (Å²) >= 11 is 5.44. The van der Waals surface area contributed by atoms with E-state index in [1.807, 2.05) is 43.3 Å². The summed E-state index contributed by atoms with van der Waals surface area (Å²) in [4.78, 5) is 23.7. The molecule has 0 atom stereocenters. The third-order valence-corrected chi connectivity index (χ3v) is 3.82. The lowest BCUT2D eigenvalue weighted by Gasteiger charge is -2.11. The van der Waals surface area contributed by atoms with E-state index in [4.69, 9.17) is 16.3 Å². The number of rotatable bonds is 8. The average Bonchev–Trinajstić information content (AvgIpc) is 2.88. The molecule has 1 aromatic carbocycles. The number of carbonyl (C=O) groups excluding carboxylic acids is 2. The number of carbonyl (C=O) groups is 2. The Morgan fingerprint density at radius 1 is 1.22 bits per heavy atom. The molecular weight excluding hydrogens is 314 g/mol. The highest BCUT2D eigenvalue weighted by Crippen LogP contribution is 2.28. The van der Waals surface area contributed by atoms with Crippen molar-refractivity contribution in [1.82, 2.24) is 4.57 Å². The number of nitrogens with zero attached hydrogens (tertiary/aromatic N) is 1. The molecule has 2 rings (SSSR count). The highest BCUT2D eigenvalue weighted by molar-refractivity contribution is 6.83. The number of halogens is 1. The number of hydrogen-bond acceptors (Lipinski definition) is 3. The zero-order valence-electron chi connectivity index (χ0n) is 13.3. The van der Waals surface area contributed by atoms with Crippen LogP contribution < -0.4 is 0 Å². The summed E-state index contributed by atoms with van der Waals surface area (Å²) in [5, 5.41) is -0.991. The van der Waals surface area contributed by atoms with Crippen molar-refractivity contribution >= 4 is 22.6 Å². The van der Waals surface area contributed by atoms with Crippen LogP contribution in [0, 0.1) is 6.92 Å². The molecule has 23 heavy (non-hydrogen) atoms. The van der Waals surface area contributed by atoms with Crippen LogP contribution in [-0.2, 0) is 16.3 Å². The molecule has 0 spiro atoms. The summed E-state index contributed by atoms with van der Waals surface area (Å²) in [6.07, 6.45) is 1.98. The highest BCUT2D eigenvalue weighted by Gasteiger charge is 2.24. The van der Waals surface area contributed by atoms with Crippen molar-refractivity contribution in [1.29, 1.82) is 0 Å². The molecule has 0 fully saturated rings. The Bertz CT molecular complexity index is 692. The van der Waals surface area contributed by atoms with Gasteiger partial charge in [0.05, 0.1) is 0 Å². The Morgan fingerprint density at radius 3 is 2.52 bits per heavy atom. The maximum Gasteiger partial charge on any atom is 0.294 e. The molecule has 0 aliphatic heterocycles. The van der Waals surface area contributed by atoms with Crippen molar-refractivity contribution in [2.75, 3.05) is 6.61 Å². The standard InChI is InChI=1S/C18H20ClNO3/c1-3-4-10-23-12-20-13(2)11-15(14-8-6-5-7-9-14)16(20)17(21)18(19)22/h5-9,11H,3-4,10,12H2,1-2H3. The molecule has 0 bridgehead atoms. The molecule has 0 N–H and O–H groups in total. The second-order valence-electron chi connectivity index (χ2n) is 5.34. The molecule has 0 saturated carbocycles. The number of aryl methyl sites for hydroxylation is 1. The number of ether oxygens (including phenoxy) is 1. The van der Waals surface area contributed by atoms with Gasteiger partial charge in [0.25, 0.3) is 11.0 Å². The number of ketones is 1. The van der Waals surface area contributed by atoms with Crippen molar-refractivity contribution in [3.8, 4) is 11.1 Å². The van der Waals surface area contributed by atoms with E-state index in [0.717, 1.165) is 24.1 Å². The molecule has 122 valence electrons. The summed E-state index contributed by atoms with van der Waals surface area (Å²) in [6.45, 7) is 4.80. The van der Waals surface area contributed by atoms with Gasteiger partial charge in [-0.25, -0.2) is 0 Å². The maximum atomic E-state index is 12.3. The summed E-state index contributed by atoms with van der Waals surface area (Å²) < 4.78 is 7.33. The number of aromatic nitrogens is 1. The summed E-state index contributed by atoms with van der Waals surface area (Å²) in [6, 6.07) is 11.3. The van der Waals surface area contributed by atoms with Gasteiger partial charge in [0.1, 0.15) is 12.4 Å². The molecule has 0 saturated heterocycles. The topological polar surface area (TPSA) is 48.3 Å². The predicted molar refractivity (Wildman–Crippen MR) is 90.7 cm³/mol. The smallest absolute Gasteiger partial charge is 0.294 e. The van der Waals surface area contributed by atoms with Gasteiger partial charge < -0.3 is 9.30 Å². The zero-order chi connectivity index (χ0) is 16.8. The van der Waals surface area contributed by atoms with Crippen LogP contribution in [0.1, 0.15) is 35.9 Å². The zero-order valence-corrected chi connectivity index (χ0v) is 14.1. The van der Waals surface area contributed by atoms with Crippen molar-refractivity contribution in [2.45, 2.75) is 33.4 Å². The fourth-order valence-corrected chi connectivity index (χ4v) is 2.51. The summed E-state index contributed by atoms with van der Waals surface area (Å²) in [5.41, 5.74) is 2.69. The van der Waals surface area contributed by atoms with Crippen LogP contribution in [0.2, 0.25) is 0 Å². The van der Waals surface area contributed by atoms with Gasteiger partial charge >= 0.3 is 0 Å². The largest absolute Gasteiger partial charge is 0.361 e. The molecular formula is C18H20ClNO3. The van der Waals surface area contributed by atoms with Gasteiger partial charge in [-0.05, 0) is 36.6 Å². The van der Waals surface area contributed by atoms with Crippen LogP contribution >= 0.6 is 11.6 Å². The van der Waals surface area contributed by atoms with Crippen LogP contribution in [0.5, 0.6) is 0 Å². The molecule has 0 aliphatic carbocycles. The fraction of sp³-hybridized carbons (Fsp3) is 0.333. The van der Waals surface area contributed by atoms with Gasteiger partial charge in [0.2, 0.25) is 0 Å². The van der Waals surface area contributed by atoms with Crippen LogP contribution in [0.15, 0.2) is 36.4 Å². The van der Waals surface area contributed by atoms with Crippen molar-refractivity contribution in [2.24, 2.45) is 0 Å². The molecule has 0 amide bonds. The quantitative estimate of drug-likeness (QED) is 0.315. The molecule has 2 aromatic rings. The normalized spacial score (nSPS) is 10.7. The van der Waals surface area contributed by atoms with E-state index in [0.29, 0.717) is 12.2 Å². The molecule has 1 aromatic heterocycles. The minimum Gasteiger partial charge on any atom is -0.361 e. The predicted octanol–water partition coefficient (Wildman–Crippen LogP) is 4.19. The van der Waals surface area contributed by atoms with Gasteiger partial charge in [-0.15, -0.1) is 0 Å². The summed E-state index contributed by atoms with van der Waals surface area (Å²) in [7, 11) is 0. The van der Waals surface area contributed by atoms with Gasteiger partial charge in [-0.2, -0.15) is 0 Å². The van der Waals surface area contributed by atoms with Crippen molar-refractivity contribution in [3.05, 3.63) is 47.8 Å². The first-order valence-corrected chi connectivity index (χ1v) is 8.01. The van der Waals surface area contributed by atoms with E-state index >= 15 is 0 Å². The minimum absolute atomic E-state index is 0.226. The number of Topliss-reactive ketones (excluding diaryl/α,β-unsaturated/α-hetero) is 1. The van der Waals surface area contributed by atoms with Crippen LogP contribution in [0.3, 0.4) is 0 Å². The second kappa shape index (κ2) is 8.09. The average molecular weight is 334 g/mol. The first kappa shape index (κ1) is 17.4. The lowest BCUT2D eigenvalue weighted by atomic mass is 10.0. The van der Waals surface area contributed by atoms with E-state index < -0.39 is 11.0 Å². The van der Waals surface area contributed by atoms with Crippen LogP contribution in [-0.4, -0.2) is 22.2 Å². The third-order valence-electron chi connectivity index (χ3n) is 3.65. The lowest BCUT2D eigenvalue weighted by molar-refractivity contribution is -0.108. The van der Waals surface area contributed by atoms with E-state index in [1.54, 1.807) is 4.57 Å². The Morgan fingerprint density at radius 2 is 1.91 bits per heavy atom. The lowest BCUT2D eigenvalue weighted by Crippen LogP contribution is -2.17. The van der Waals surface area contributed by atoms with Gasteiger partial charge in [-0.3, -0.25) is 9.59 Å². The Kier molecular flexibility index (Phi) is 6.13. The van der Waals surface area contributed by atoms with Gasteiger partial charge in [-0.1, -0.05) is 43.7 Å². The first-order chi connectivity index (χ1) is 11.1. The molecule has 0 radical (unpaired) electrons. The number of hydrogen-bond donors (Lipinski definition) is 0. The van der Waals surface area contributed by atoms with E-state index in [1.165, 1.54) is 0 Å². The molecule has 0 aliphatic rings. The first-order valence-electron chi connectivity index (χ1n) is 7.63. The Hall–Kier alpha value is -1.91. The molecule has 0 unspecified atom stereocenters. The molecule has 1 heterocycles. The fourth-order valence-electron chi connectivity index (χ4n) is 2.42. The molecule has 5 heteroatoms. The number of unbranched alkanes of at least 4 members (excludes halogenated alkanes) is 1. The van der Waals surface area contributed by atoms with E-state index in [9.17, 15) is 9.59 Å². The van der Waals surface area contributed by atoms with E-state index in [2.05, 4.69) is 6.92 Å². The monoisotopic (exact) mass is 333 g/mol. The highest BCUT2D eigenvalue weighted by atomic mass is 35.5. The minimum atomic E-state index is -0.991. The SMILES string of the molecule is CCCCOCn1c(C)cc(-c2ccccc2)c1C(=O)C(=O)Cl. The van der Waals surface area contributed by atoms with Gasteiger partial charge in [0.15, 0.2) is 0 Å². The number of benzene rings is 1. The van der Waals surface area contributed by atoms with Crippen LogP contribution in [0.4, 0.5) is 0 Å². The van der Waals surface area contributed by atoms with Crippen molar-refractivity contribution in [3.63, 3.8) is 0 Å². The van der Waals surface area contributed by atoms with Crippen molar-refractivity contribution < 1.29 is 14.3 Å². The summed E-state index contributed by atoms with van der Waals surface area (Å²) in [5.74, 6) is -0.710. The van der Waals surface area contributed by atoms with Gasteiger partial charge in [0, 0.05) is 17.9 Å². The van der Waals surface area contributed by atoms with Crippen LogP contribution in [0.25, 0.3) is 11.1 Å². The maximum absolute atomic E-state index is 12.3. The van der Waals surface area contributed by atoms with E-state index in [-0.39, 0.29) is 12.4 Å². The Balaban J connectivity index is 2.43. The molecule has 4 nitrogen and oxygen atoms in total. The third kappa shape index (κ3) is 4.09.